The van der Waals surface area contributed by atoms with Crippen LogP contribution in [-0.4, -0.2) is 11.9 Å². The quantitative estimate of drug-likeness (QED) is 0.869. The van der Waals surface area contributed by atoms with Crippen molar-refractivity contribution in [2.75, 3.05) is 0 Å². The molecule has 0 aromatic heterocycles. The molecule has 0 spiro atoms. The van der Waals surface area contributed by atoms with Crippen molar-refractivity contribution in [1.29, 1.82) is 0 Å². The number of hydrogen-bond acceptors (Lipinski definition) is 1. The number of aryl methyl sites for hydroxylation is 2. The number of amides is 1. The molecular formula is C16H23NO. The maximum atomic E-state index is 12.1. The minimum atomic E-state index is 0.0598. The summed E-state index contributed by atoms with van der Waals surface area (Å²) in [7, 11) is 0. The minimum Gasteiger partial charge on any atom is -0.349 e. The Hall–Kier alpha value is -1.31. The van der Waals surface area contributed by atoms with E-state index in [9.17, 15) is 4.79 Å². The van der Waals surface area contributed by atoms with Crippen LogP contribution in [0.4, 0.5) is 0 Å². The molecule has 0 saturated carbocycles. The van der Waals surface area contributed by atoms with Crippen molar-refractivity contribution in [1.82, 2.24) is 5.32 Å². The molecule has 1 atom stereocenters. The van der Waals surface area contributed by atoms with Crippen LogP contribution in [-0.2, 0) is 12.8 Å². The lowest BCUT2D eigenvalue weighted by molar-refractivity contribution is 0.0930. The maximum absolute atomic E-state index is 12.1. The van der Waals surface area contributed by atoms with Crippen LogP contribution in [0, 0.1) is 5.92 Å². The Morgan fingerprint density at radius 3 is 2.44 bits per heavy atom. The van der Waals surface area contributed by atoms with Gasteiger partial charge in [-0.25, -0.2) is 0 Å². The smallest absolute Gasteiger partial charge is 0.251 e. The standard InChI is InChI=1S/C16H23NO/c1-11(2)12(3)17-16(18)15-9-8-13-6-4-5-7-14(13)10-15/h8-12H,4-7H2,1-3H3,(H,17,18). The van der Waals surface area contributed by atoms with Gasteiger partial charge in [0.2, 0.25) is 0 Å². The zero-order chi connectivity index (χ0) is 13.1. The number of hydrogen-bond donors (Lipinski definition) is 1. The first-order valence-corrected chi connectivity index (χ1v) is 7.00. The molecule has 1 aliphatic carbocycles. The van der Waals surface area contributed by atoms with Gasteiger partial charge in [0.25, 0.3) is 5.91 Å². The normalized spacial score (nSPS) is 16.2. The predicted octanol–water partition coefficient (Wildman–Crippen LogP) is 3.34. The van der Waals surface area contributed by atoms with Gasteiger partial charge in [-0.15, -0.1) is 0 Å². The molecule has 18 heavy (non-hydrogen) atoms. The Kier molecular flexibility index (Phi) is 4.05. The Morgan fingerprint density at radius 1 is 1.11 bits per heavy atom. The third-order valence-corrected chi connectivity index (χ3v) is 3.97. The van der Waals surface area contributed by atoms with Crippen molar-refractivity contribution in [3.63, 3.8) is 0 Å². The van der Waals surface area contributed by atoms with E-state index < -0.39 is 0 Å². The van der Waals surface area contributed by atoms with E-state index in [4.69, 9.17) is 0 Å². The molecule has 0 bridgehead atoms. The lowest BCUT2D eigenvalue weighted by atomic mass is 9.90. The van der Waals surface area contributed by atoms with Gasteiger partial charge >= 0.3 is 0 Å². The molecule has 98 valence electrons. The summed E-state index contributed by atoms with van der Waals surface area (Å²) in [5.74, 6) is 0.524. The average Bonchev–Trinajstić information content (AvgIpc) is 2.37. The number of rotatable bonds is 3. The van der Waals surface area contributed by atoms with Crippen LogP contribution >= 0.6 is 0 Å². The summed E-state index contributed by atoms with van der Waals surface area (Å²) in [5.41, 5.74) is 3.60. The highest BCUT2D eigenvalue weighted by Gasteiger charge is 2.15. The molecule has 0 saturated heterocycles. The first-order chi connectivity index (χ1) is 8.58. The van der Waals surface area contributed by atoms with Gasteiger partial charge in [0, 0.05) is 11.6 Å². The molecule has 1 N–H and O–H groups in total. The molecule has 1 unspecified atom stereocenters. The summed E-state index contributed by atoms with van der Waals surface area (Å²) < 4.78 is 0. The van der Waals surface area contributed by atoms with Gasteiger partial charge in [0.1, 0.15) is 0 Å². The first kappa shape index (κ1) is 13.1. The van der Waals surface area contributed by atoms with Crippen molar-refractivity contribution in [3.05, 3.63) is 34.9 Å². The van der Waals surface area contributed by atoms with Gasteiger partial charge in [-0.05, 0) is 61.8 Å². The molecule has 0 fully saturated rings. The van der Waals surface area contributed by atoms with Gasteiger partial charge in [-0.2, -0.15) is 0 Å². The highest BCUT2D eigenvalue weighted by molar-refractivity contribution is 5.94. The van der Waals surface area contributed by atoms with Crippen molar-refractivity contribution in [3.8, 4) is 0 Å². The van der Waals surface area contributed by atoms with Crippen LogP contribution in [0.15, 0.2) is 18.2 Å². The van der Waals surface area contributed by atoms with Crippen LogP contribution in [0.2, 0.25) is 0 Å². The molecule has 1 amide bonds. The zero-order valence-electron chi connectivity index (χ0n) is 11.6. The van der Waals surface area contributed by atoms with Crippen LogP contribution in [0.25, 0.3) is 0 Å². The van der Waals surface area contributed by atoms with Crippen molar-refractivity contribution >= 4 is 5.91 Å². The molecule has 2 rings (SSSR count). The average molecular weight is 245 g/mol. The monoisotopic (exact) mass is 245 g/mol. The van der Waals surface area contributed by atoms with Crippen molar-refractivity contribution in [2.45, 2.75) is 52.5 Å². The van der Waals surface area contributed by atoms with Gasteiger partial charge < -0.3 is 5.32 Å². The fourth-order valence-corrected chi connectivity index (χ4v) is 2.33. The molecule has 1 aromatic rings. The lowest BCUT2D eigenvalue weighted by Crippen LogP contribution is -2.36. The third kappa shape index (κ3) is 2.92. The Morgan fingerprint density at radius 2 is 1.78 bits per heavy atom. The largest absolute Gasteiger partial charge is 0.349 e. The summed E-state index contributed by atoms with van der Waals surface area (Å²) >= 11 is 0. The second-order valence-corrected chi connectivity index (χ2v) is 5.70. The summed E-state index contributed by atoms with van der Waals surface area (Å²) in [6.45, 7) is 6.30. The third-order valence-electron chi connectivity index (χ3n) is 3.97. The first-order valence-electron chi connectivity index (χ1n) is 7.00. The summed E-state index contributed by atoms with van der Waals surface area (Å²) in [6, 6.07) is 6.39. The topological polar surface area (TPSA) is 29.1 Å². The molecule has 1 aliphatic rings. The molecule has 1 aromatic carbocycles. The van der Waals surface area contributed by atoms with E-state index in [1.807, 2.05) is 6.07 Å². The summed E-state index contributed by atoms with van der Waals surface area (Å²) in [6.07, 6.45) is 4.82. The van der Waals surface area contributed by atoms with E-state index in [0.29, 0.717) is 5.92 Å². The summed E-state index contributed by atoms with van der Waals surface area (Å²) in [4.78, 5) is 12.1. The SMILES string of the molecule is CC(C)C(C)NC(=O)c1ccc2c(c1)CCCC2. The van der Waals surface area contributed by atoms with Crippen LogP contribution in [0.5, 0.6) is 0 Å². The zero-order valence-corrected chi connectivity index (χ0v) is 11.6. The van der Waals surface area contributed by atoms with Crippen LogP contribution in [0.3, 0.4) is 0 Å². The van der Waals surface area contributed by atoms with Gasteiger partial charge in [0.05, 0.1) is 0 Å². The van der Waals surface area contributed by atoms with Crippen LogP contribution in [0.1, 0.15) is 55.1 Å². The molecule has 2 nitrogen and oxygen atoms in total. The van der Waals surface area contributed by atoms with E-state index in [2.05, 4.69) is 38.2 Å². The highest BCUT2D eigenvalue weighted by atomic mass is 16.1. The Labute approximate surface area is 110 Å². The minimum absolute atomic E-state index is 0.0598. The number of nitrogens with one attached hydrogen (secondary N) is 1. The molecule has 0 aliphatic heterocycles. The maximum Gasteiger partial charge on any atom is 0.251 e. The fraction of sp³-hybridized carbons (Fsp3) is 0.562. The van der Waals surface area contributed by atoms with E-state index >= 15 is 0 Å². The predicted molar refractivity (Wildman–Crippen MR) is 74.9 cm³/mol. The molecule has 2 heteroatoms. The van der Waals surface area contributed by atoms with Gasteiger partial charge in [-0.3, -0.25) is 4.79 Å². The fourth-order valence-electron chi connectivity index (χ4n) is 2.33. The van der Waals surface area contributed by atoms with E-state index in [1.165, 1.54) is 30.4 Å². The molecule has 0 radical (unpaired) electrons. The van der Waals surface area contributed by atoms with E-state index in [-0.39, 0.29) is 11.9 Å². The van der Waals surface area contributed by atoms with Gasteiger partial charge in [-0.1, -0.05) is 19.9 Å². The Balaban J connectivity index is 2.11. The van der Waals surface area contributed by atoms with E-state index in [0.717, 1.165) is 12.0 Å². The second kappa shape index (κ2) is 5.55. The number of carbonyl (C=O) groups excluding carboxylic acids is 1. The highest BCUT2D eigenvalue weighted by Crippen LogP contribution is 2.22. The van der Waals surface area contributed by atoms with Crippen LogP contribution < -0.4 is 5.32 Å². The molecular weight excluding hydrogens is 222 g/mol. The number of carbonyl (C=O) groups is 1. The number of benzene rings is 1. The van der Waals surface area contributed by atoms with Gasteiger partial charge in [0.15, 0.2) is 0 Å². The molecule has 0 heterocycles. The Bertz CT molecular complexity index is 437. The second-order valence-electron chi connectivity index (χ2n) is 5.70. The van der Waals surface area contributed by atoms with Crippen molar-refractivity contribution < 1.29 is 4.79 Å². The van der Waals surface area contributed by atoms with Crippen molar-refractivity contribution in [2.24, 2.45) is 5.92 Å². The summed E-state index contributed by atoms with van der Waals surface area (Å²) in [5, 5.41) is 3.06. The lowest BCUT2D eigenvalue weighted by Gasteiger charge is -2.19. The number of fused-ring (bicyclic) bond motifs is 1. The van der Waals surface area contributed by atoms with E-state index in [1.54, 1.807) is 0 Å².